The van der Waals surface area contributed by atoms with Crippen LogP contribution in [0.1, 0.15) is 15.9 Å². The molecule has 2 nitrogen and oxygen atoms in total. The fourth-order valence-electron chi connectivity index (χ4n) is 0.755. The molecule has 0 unspecified atom stereocenters. The summed E-state index contributed by atoms with van der Waals surface area (Å²) < 4.78 is 0. The van der Waals surface area contributed by atoms with Gasteiger partial charge in [0.05, 0.1) is 5.97 Å². The van der Waals surface area contributed by atoms with Crippen LogP contribution in [0.3, 0.4) is 0 Å². The van der Waals surface area contributed by atoms with Gasteiger partial charge in [-0.1, -0.05) is 36.9 Å². The van der Waals surface area contributed by atoms with Crippen molar-refractivity contribution in [3.05, 3.63) is 42.0 Å². The molecule has 0 saturated heterocycles. The van der Waals surface area contributed by atoms with Crippen LogP contribution in [0.2, 0.25) is 0 Å². The quantitative estimate of drug-likeness (QED) is 0.468. The van der Waals surface area contributed by atoms with Crippen molar-refractivity contribution < 1.29 is 39.5 Å². The smallest absolute Gasteiger partial charge is 0.545 e. The van der Waals surface area contributed by atoms with E-state index in [1.165, 1.54) is 12.1 Å². The van der Waals surface area contributed by atoms with Crippen LogP contribution in [0, 0.1) is 0 Å². The van der Waals surface area contributed by atoms with Gasteiger partial charge in [-0.15, -0.1) is 0 Å². The number of carboxylic acids is 1. The maximum Gasteiger partial charge on any atom is 1.00 e. The van der Waals surface area contributed by atoms with Gasteiger partial charge in [-0.2, -0.15) is 0 Å². The van der Waals surface area contributed by atoms with Crippen molar-refractivity contribution >= 4 is 12.0 Å². The summed E-state index contributed by atoms with van der Waals surface area (Å²) in [5.74, 6) is -1.15. The molecule has 1 aromatic carbocycles. The number of benzene rings is 1. The van der Waals surface area contributed by atoms with Crippen LogP contribution in [-0.4, -0.2) is 5.97 Å². The normalized spacial score (nSPS) is 8.33. The summed E-state index contributed by atoms with van der Waals surface area (Å²) in [7, 11) is 0. The fraction of sp³-hybridized carbons (Fsp3) is 0. The first kappa shape index (κ1) is 11.4. The van der Waals surface area contributed by atoms with Crippen molar-refractivity contribution in [2.24, 2.45) is 0 Å². The monoisotopic (exact) mass is 170 g/mol. The van der Waals surface area contributed by atoms with Gasteiger partial charge >= 0.3 is 29.6 Å². The van der Waals surface area contributed by atoms with Gasteiger partial charge in [-0.05, 0) is 11.1 Å². The first-order valence-electron chi connectivity index (χ1n) is 3.18. The number of hydrogen-bond acceptors (Lipinski definition) is 2. The molecule has 0 fully saturated rings. The number of hydrogen-bond donors (Lipinski definition) is 0. The van der Waals surface area contributed by atoms with E-state index in [-0.39, 0.29) is 35.1 Å². The second-order valence-corrected chi connectivity index (χ2v) is 2.11. The van der Waals surface area contributed by atoms with Gasteiger partial charge in [0.1, 0.15) is 0 Å². The molecule has 0 bridgehead atoms. The SMILES string of the molecule is C=Cc1ccc(C(=O)[O-])cc1.[Na+]. The second-order valence-electron chi connectivity index (χ2n) is 2.11. The van der Waals surface area contributed by atoms with Crippen LogP contribution >= 0.6 is 0 Å². The molecule has 0 N–H and O–H groups in total. The molecular weight excluding hydrogens is 163 g/mol. The summed E-state index contributed by atoms with van der Waals surface area (Å²) in [6.45, 7) is 3.54. The second kappa shape index (κ2) is 5.14. The fourth-order valence-corrected chi connectivity index (χ4v) is 0.755. The van der Waals surface area contributed by atoms with Crippen LogP contribution < -0.4 is 34.7 Å². The summed E-state index contributed by atoms with van der Waals surface area (Å²) >= 11 is 0. The molecule has 0 amide bonds. The average molecular weight is 170 g/mol. The van der Waals surface area contributed by atoms with E-state index >= 15 is 0 Å². The van der Waals surface area contributed by atoms with Crippen LogP contribution in [0.4, 0.5) is 0 Å². The zero-order valence-corrected chi connectivity index (χ0v) is 8.91. The molecule has 0 radical (unpaired) electrons. The molecule has 0 aliphatic rings. The molecule has 0 saturated carbocycles. The van der Waals surface area contributed by atoms with E-state index < -0.39 is 5.97 Å². The Balaban J connectivity index is 0.00000121. The van der Waals surface area contributed by atoms with Crippen LogP contribution in [0.25, 0.3) is 6.08 Å². The molecule has 0 aliphatic heterocycles. The minimum atomic E-state index is -1.15. The maximum atomic E-state index is 10.3. The predicted octanol–water partition coefficient (Wildman–Crippen LogP) is -2.30. The average Bonchev–Trinajstić information content (AvgIpc) is 2.05. The topological polar surface area (TPSA) is 40.1 Å². The molecule has 12 heavy (non-hydrogen) atoms. The molecule has 1 rings (SSSR count). The minimum absolute atomic E-state index is 0. The van der Waals surface area contributed by atoms with Crippen molar-refractivity contribution in [3.63, 3.8) is 0 Å². The molecule has 0 heterocycles. The summed E-state index contributed by atoms with van der Waals surface area (Å²) in [5, 5.41) is 10.3. The van der Waals surface area contributed by atoms with Crippen LogP contribution in [-0.2, 0) is 0 Å². The van der Waals surface area contributed by atoms with Crippen LogP contribution in [0.15, 0.2) is 30.8 Å². The third-order valence-corrected chi connectivity index (χ3v) is 1.38. The molecular formula is C9H7NaO2. The molecule has 1 aromatic rings. The van der Waals surface area contributed by atoms with Gasteiger partial charge < -0.3 is 9.90 Å². The summed E-state index contributed by atoms with van der Waals surface area (Å²) in [6, 6.07) is 6.34. The third-order valence-electron chi connectivity index (χ3n) is 1.38. The van der Waals surface area contributed by atoms with Gasteiger partial charge in [0.25, 0.3) is 0 Å². The molecule has 0 spiro atoms. The van der Waals surface area contributed by atoms with E-state index in [0.29, 0.717) is 0 Å². The number of carboxylic acid groups (broad SMARTS) is 1. The molecule has 56 valence electrons. The van der Waals surface area contributed by atoms with Crippen molar-refractivity contribution in [1.82, 2.24) is 0 Å². The molecule has 3 heteroatoms. The molecule has 0 aliphatic carbocycles. The van der Waals surface area contributed by atoms with Crippen molar-refractivity contribution in [3.8, 4) is 0 Å². The summed E-state index contributed by atoms with van der Waals surface area (Å²) in [6.07, 6.45) is 1.65. The Hall–Kier alpha value is -0.570. The van der Waals surface area contributed by atoms with Crippen molar-refractivity contribution in [2.75, 3.05) is 0 Å². The Morgan fingerprint density at radius 1 is 1.33 bits per heavy atom. The van der Waals surface area contributed by atoms with E-state index in [1.54, 1.807) is 18.2 Å². The van der Waals surface area contributed by atoms with E-state index in [2.05, 4.69) is 6.58 Å². The van der Waals surface area contributed by atoms with Gasteiger partial charge in [0, 0.05) is 0 Å². The predicted molar refractivity (Wildman–Crippen MR) is 40.9 cm³/mol. The number of aromatic carboxylic acids is 1. The summed E-state index contributed by atoms with van der Waals surface area (Å²) in [4.78, 5) is 10.3. The number of rotatable bonds is 2. The van der Waals surface area contributed by atoms with Gasteiger partial charge in [-0.25, -0.2) is 0 Å². The Morgan fingerprint density at radius 3 is 2.17 bits per heavy atom. The maximum absolute atomic E-state index is 10.3. The zero-order chi connectivity index (χ0) is 8.27. The molecule has 0 aromatic heterocycles. The Labute approximate surface area is 93.2 Å². The molecule has 0 atom stereocenters. The van der Waals surface area contributed by atoms with E-state index in [9.17, 15) is 9.90 Å². The Kier molecular flexibility index (Phi) is 4.90. The van der Waals surface area contributed by atoms with Gasteiger partial charge in [0.2, 0.25) is 0 Å². The zero-order valence-electron chi connectivity index (χ0n) is 6.91. The first-order chi connectivity index (χ1) is 5.24. The largest absolute Gasteiger partial charge is 1.00 e. The standard InChI is InChI=1S/C9H8O2.Na/c1-2-7-3-5-8(6-4-7)9(10)11;/h2-6H,1H2,(H,10,11);/q;+1/p-1. The minimum Gasteiger partial charge on any atom is -0.545 e. The van der Waals surface area contributed by atoms with E-state index in [0.717, 1.165) is 5.56 Å². The number of carbonyl (C=O) groups excluding carboxylic acids is 1. The Morgan fingerprint density at radius 2 is 1.83 bits per heavy atom. The van der Waals surface area contributed by atoms with E-state index in [4.69, 9.17) is 0 Å². The van der Waals surface area contributed by atoms with E-state index in [1.807, 2.05) is 0 Å². The van der Waals surface area contributed by atoms with Crippen molar-refractivity contribution in [2.45, 2.75) is 0 Å². The van der Waals surface area contributed by atoms with Gasteiger partial charge in [0.15, 0.2) is 0 Å². The van der Waals surface area contributed by atoms with Gasteiger partial charge in [-0.3, -0.25) is 0 Å². The summed E-state index contributed by atoms with van der Waals surface area (Å²) in [5.41, 5.74) is 1.09. The van der Waals surface area contributed by atoms with Crippen LogP contribution in [0.5, 0.6) is 0 Å². The Bertz CT molecular complexity index is 277. The third kappa shape index (κ3) is 2.81. The first-order valence-corrected chi connectivity index (χ1v) is 3.18. The van der Waals surface area contributed by atoms with Crippen molar-refractivity contribution in [1.29, 1.82) is 0 Å². The number of carbonyl (C=O) groups is 1.